The second-order valence-electron chi connectivity index (χ2n) is 2.80. The molecular weight excluding hydrogens is 136 g/mol. The molecule has 0 aliphatic heterocycles. The Morgan fingerprint density at radius 1 is 1.45 bits per heavy atom. The maximum absolute atomic E-state index is 10.4. The zero-order chi connectivity index (χ0) is 8.53. The van der Waals surface area contributed by atoms with Crippen molar-refractivity contribution in [3.8, 4) is 0 Å². The topological polar surface area (TPSA) is 17.1 Å². The van der Waals surface area contributed by atoms with Gasteiger partial charge in [-0.15, -0.1) is 0 Å². The summed E-state index contributed by atoms with van der Waals surface area (Å²) in [6.07, 6.45) is 9.57. The molecule has 0 aliphatic rings. The van der Waals surface area contributed by atoms with E-state index in [1.54, 1.807) is 0 Å². The van der Waals surface area contributed by atoms with Crippen LogP contribution in [0.1, 0.15) is 39.5 Å². The van der Waals surface area contributed by atoms with Crippen molar-refractivity contribution >= 4 is 6.29 Å². The van der Waals surface area contributed by atoms with Crippen LogP contribution in [0, 0.1) is 5.92 Å². The van der Waals surface area contributed by atoms with Crippen LogP contribution in [-0.2, 0) is 4.79 Å². The van der Waals surface area contributed by atoms with Crippen molar-refractivity contribution in [2.75, 3.05) is 0 Å². The van der Waals surface area contributed by atoms with Crippen LogP contribution in [0.25, 0.3) is 0 Å². The molecule has 0 saturated carbocycles. The number of aldehydes is 1. The summed E-state index contributed by atoms with van der Waals surface area (Å²) in [6, 6.07) is 0. The predicted molar refractivity (Wildman–Crippen MR) is 48.5 cm³/mol. The molecule has 0 aromatic rings. The van der Waals surface area contributed by atoms with Gasteiger partial charge in [-0.1, -0.05) is 19.1 Å². The van der Waals surface area contributed by atoms with Crippen LogP contribution in [0.2, 0.25) is 0 Å². The van der Waals surface area contributed by atoms with Crippen molar-refractivity contribution in [2.45, 2.75) is 39.5 Å². The van der Waals surface area contributed by atoms with Gasteiger partial charge in [0, 0.05) is 5.92 Å². The quantitative estimate of drug-likeness (QED) is 0.326. The smallest absolute Gasteiger partial charge is 0.123 e. The number of allylic oxidation sites excluding steroid dienone is 2. The minimum Gasteiger partial charge on any atom is -0.303 e. The lowest BCUT2D eigenvalue weighted by atomic mass is 10.0. The molecule has 0 aromatic carbocycles. The molecule has 0 rings (SSSR count). The molecule has 0 aromatic heterocycles. The molecule has 1 unspecified atom stereocenters. The molecule has 1 atom stereocenters. The van der Waals surface area contributed by atoms with Gasteiger partial charge in [-0.2, -0.15) is 0 Å². The predicted octanol–water partition coefficient (Wildman–Crippen LogP) is 2.96. The van der Waals surface area contributed by atoms with Gasteiger partial charge in [0.2, 0.25) is 0 Å². The molecule has 0 spiro atoms. The highest BCUT2D eigenvalue weighted by Crippen LogP contribution is 2.09. The lowest BCUT2D eigenvalue weighted by Crippen LogP contribution is -1.98. The number of rotatable bonds is 6. The minimum atomic E-state index is 0.292. The Bertz CT molecular complexity index is 116. The van der Waals surface area contributed by atoms with Crippen molar-refractivity contribution < 1.29 is 4.79 Å². The third kappa shape index (κ3) is 5.84. The van der Waals surface area contributed by atoms with E-state index in [0.29, 0.717) is 5.92 Å². The van der Waals surface area contributed by atoms with E-state index in [-0.39, 0.29) is 0 Å². The van der Waals surface area contributed by atoms with Gasteiger partial charge in [-0.3, -0.25) is 0 Å². The fourth-order valence-electron chi connectivity index (χ4n) is 1.03. The van der Waals surface area contributed by atoms with E-state index in [1.807, 2.05) is 6.92 Å². The van der Waals surface area contributed by atoms with Gasteiger partial charge < -0.3 is 4.79 Å². The van der Waals surface area contributed by atoms with E-state index in [4.69, 9.17) is 0 Å². The van der Waals surface area contributed by atoms with Crippen LogP contribution >= 0.6 is 0 Å². The first kappa shape index (κ1) is 10.4. The standard InChI is InChI=1S/C10H18O/c1-3-5-6-7-8-10(4-2)9-11/h3,5,9-10H,4,6-8H2,1-2H3/b5-3+. The molecule has 0 heterocycles. The molecule has 0 amide bonds. The molecule has 0 radical (unpaired) electrons. The summed E-state index contributed by atoms with van der Waals surface area (Å²) in [5.41, 5.74) is 0. The first-order chi connectivity index (χ1) is 5.35. The van der Waals surface area contributed by atoms with Gasteiger partial charge in [-0.05, 0) is 32.6 Å². The van der Waals surface area contributed by atoms with Gasteiger partial charge in [0.15, 0.2) is 0 Å². The van der Waals surface area contributed by atoms with Crippen LogP contribution in [-0.4, -0.2) is 6.29 Å². The van der Waals surface area contributed by atoms with Gasteiger partial charge in [-0.25, -0.2) is 0 Å². The monoisotopic (exact) mass is 154 g/mol. The average Bonchev–Trinajstić information content (AvgIpc) is 2.05. The van der Waals surface area contributed by atoms with E-state index in [2.05, 4.69) is 19.1 Å². The maximum atomic E-state index is 10.4. The van der Waals surface area contributed by atoms with Crippen LogP contribution in [0.3, 0.4) is 0 Å². The summed E-state index contributed by atoms with van der Waals surface area (Å²) in [5.74, 6) is 0.292. The van der Waals surface area contributed by atoms with Crippen LogP contribution < -0.4 is 0 Å². The Balaban J connectivity index is 3.28. The van der Waals surface area contributed by atoms with Crippen LogP contribution in [0.4, 0.5) is 0 Å². The van der Waals surface area contributed by atoms with E-state index < -0.39 is 0 Å². The molecule has 0 N–H and O–H groups in total. The molecule has 0 fully saturated rings. The maximum Gasteiger partial charge on any atom is 0.123 e. The molecule has 0 saturated heterocycles. The number of hydrogen-bond acceptors (Lipinski definition) is 1. The van der Waals surface area contributed by atoms with E-state index >= 15 is 0 Å². The first-order valence-electron chi connectivity index (χ1n) is 4.41. The number of hydrogen-bond donors (Lipinski definition) is 0. The van der Waals surface area contributed by atoms with Crippen molar-refractivity contribution in [2.24, 2.45) is 5.92 Å². The summed E-state index contributed by atoms with van der Waals surface area (Å²) in [5, 5.41) is 0. The molecule has 0 aliphatic carbocycles. The first-order valence-corrected chi connectivity index (χ1v) is 4.41. The summed E-state index contributed by atoms with van der Waals surface area (Å²) < 4.78 is 0. The lowest BCUT2D eigenvalue weighted by Gasteiger charge is -2.03. The average molecular weight is 154 g/mol. The van der Waals surface area contributed by atoms with Crippen LogP contribution in [0.15, 0.2) is 12.2 Å². The number of unbranched alkanes of at least 4 members (excludes halogenated alkanes) is 1. The van der Waals surface area contributed by atoms with E-state index in [9.17, 15) is 4.79 Å². The highest BCUT2D eigenvalue weighted by molar-refractivity contribution is 5.53. The fourth-order valence-corrected chi connectivity index (χ4v) is 1.03. The lowest BCUT2D eigenvalue weighted by molar-refractivity contribution is -0.111. The van der Waals surface area contributed by atoms with Gasteiger partial charge >= 0.3 is 0 Å². The van der Waals surface area contributed by atoms with Crippen molar-refractivity contribution in [1.82, 2.24) is 0 Å². The Kier molecular flexibility index (Phi) is 7.11. The largest absolute Gasteiger partial charge is 0.303 e. The van der Waals surface area contributed by atoms with E-state index in [0.717, 1.165) is 32.0 Å². The highest BCUT2D eigenvalue weighted by Gasteiger charge is 2.01. The Morgan fingerprint density at radius 2 is 2.18 bits per heavy atom. The third-order valence-corrected chi connectivity index (χ3v) is 1.90. The molecular formula is C10H18O. The second-order valence-corrected chi connectivity index (χ2v) is 2.80. The summed E-state index contributed by atoms with van der Waals surface area (Å²) in [7, 11) is 0. The van der Waals surface area contributed by atoms with Gasteiger partial charge in [0.05, 0.1) is 0 Å². The summed E-state index contributed by atoms with van der Waals surface area (Å²) in [4.78, 5) is 10.4. The Hall–Kier alpha value is -0.590. The van der Waals surface area contributed by atoms with Crippen molar-refractivity contribution in [1.29, 1.82) is 0 Å². The second kappa shape index (κ2) is 7.52. The molecule has 64 valence electrons. The third-order valence-electron chi connectivity index (χ3n) is 1.90. The van der Waals surface area contributed by atoms with Crippen LogP contribution in [0.5, 0.6) is 0 Å². The van der Waals surface area contributed by atoms with Gasteiger partial charge in [0.1, 0.15) is 6.29 Å². The molecule has 0 bridgehead atoms. The van der Waals surface area contributed by atoms with E-state index in [1.165, 1.54) is 0 Å². The SMILES string of the molecule is C/C=C/CCCC(C=O)CC. The Morgan fingerprint density at radius 3 is 2.64 bits per heavy atom. The summed E-state index contributed by atoms with van der Waals surface area (Å²) >= 11 is 0. The number of carbonyl (C=O) groups excluding carboxylic acids is 1. The minimum absolute atomic E-state index is 0.292. The number of carbonyl (C=O) groups is 1. The summed E-state index contributed by atoms with van der Waals surface area (Å²) in [6.45, 7) is 4.09. The normalized spacial score (nSPS) is 13.6. The van der Waals surface area contributed by atoms with Gasteiger partial charge in [0.25, 0.3) is 0 Å². The Labute approximate surface area is 69.5 Å². The molecule has 1 nitrogen and oxygen atoms in total. The zero-order valence-electron chi connectivity index (χ0n) is 7.55. The van der Waals surface area contributed by atoms with Crippen molar-refractivity contribution in [3.05, 3.63) is 12.2 Å². The zero-order valence-corrected chi connectivity index (χ0v) is 7.55. The fraction of sp³-hybridized carbons (Fsp3) is 0.700. The molecule has 11 heavy (non-hydrogen) atoms. The van der Waals surface area contributed by atoms with Crippen molar-refractivity contribution in [3.63, 3.8) is 0 Å². The highest BCUT2D eigenvalue weighted by atomic mass is 16.1. The molecule has 1 heteroatoms.